The first-order valence-corrected chi connectivity index (χ1v) is 8.56. The van der Waals surface area contributed by atoms with Crippen LogP contribution in [0.25, 0.3) is 0 Å². The predicted octanol–water partition coefficient (Wildman–Crippen LogP) is 2.65. The van der Waals surface area contributed by atoms with Crippen LogP contribution in [-0.4, -0.2) is 34.9 Å². The lowest BCUT2D eigenvalue weighted by Crippen LogP contribution is -2.40. The molecular formula is C19H24N2O5. The van der Waals surface area contributed by atoms with Gasteiger partial charge in [-0.2, -0.15) is 0 Å². The number of rotatable bonds is 8. The molecule has 140 valence electrons. The number of furan rings is 1. The van der Waals surface area contributed by atoms with Crippen LogP contribution < -0.4 is 5.32 Å². The molecule has 0 aromatic carbocycles. The normalized spacial score (nSPS) is 11.8. The zero-order valence-electron chi connectivity index (χ0n) is 15.5. The van der Waals surface area contributed by atoms with Gasteiger partial charge in [0, 0.05) is 23.5 Å². The molecule has 0 saturated carbocycles. The van der Waals surface area contributed by atoms with E-state index in [9.17, 15) is 14.4 Å². The molecular weight excluding hydrogens is 336 g/mol. The number of aromatic nitrogens is 1. The van der Waals surface area contributed by atoms with Crippen LogP contribution in [0.1, 0.15) is 52.6 Å². The molecule has 7 heteroatoms. The van der Waals surface area contributed by atoms with E-state index in [1.165, 1.54) is 19.3 Å². The molecule has 1 N–H and O–H groups in total. The highest BCUT2D eigenvalue weighted by Gasteiger charge is 2.22. The van der Waals surface area contributed by atoms with Crippen LogP contribution in [-0.2, 0) is 16.1 Å². The third kappa shape index (κ3) is 4.41. The fraction of sp³-hybridized carbons (Fsp3) is 0.421. The van der Waals surface area contributed by atoms with Gasteiger partial charge < -0.3 is 19.0 Å². The molecule has 0 bridgehead atoms. The van der Waals surface area contributed by atoms with Crippen molar-refractivity contribution in [3.63, 3.8) is 0 Å². The molecule has 26 heavy (non-hydrogen) atoms. The van der Waals surface area contributed by atoms with Crippen molar-refractivity contribution < 1.29 is 23.5 Å². The van der Waals surface area contributed by atoms with Crippen LogP contribution >= 0.6 is 0 Å². The number of nitrogens with one attached hydrogen (secondary N) is 1. The van der Waals surface area contributed by atoms with Crippen molar-refractivity contribution in [2.45, 2.75) is 46.7 Å². The van der Waals surface area contributed by atoms with Crippen LogP contribution in [0.4, 0.5) is 0 Å². The minimum Gasteiger partial charge on any atom is -0.459 e. The van der Waals surface area contributed by atoms with Gasteiger partial charge in [0.1, 0.15) is 6.04 Å². The topological polar surface area (TPSA) is 90.5 Å². The van der Waals surface area contributed by atoms with Gasteiger partial charge in [0.2, 0.25) is 5.78 Å². The maximum Gasteiger partial charge on any atom is 0.328 e. The first kappa shape index (κ1) is 19.5. The lowest BCUT2D eigenvalue weighted by Gasteiger charge is -2.12. The molecule has 2 aromatic rings. The Labute approximate surface area is 152 Å². The van der Waals surface area contributed by atoms with E-state index in [2.05, 4.69) is 16.8 Å². The Morgan fingerprint density at radius 3 is 2.65 bits per heavy atom. The Morgan fingerprint density at radius 2 is 2.04 bits per heavy atom. The Balaban J connectivity index is 1.91. The number of esters is 1. The fourth-order valence-corrected chi connectivity index (χ4v) is 2.72. The first-order chi connectivity index (χ1) is 12.3. The molecule has 0 saturated heterocycles. The minimum absolute atomic E-state index is 0.101. The van der Waals surface area contributed by atoms with Gasteiger partial charge >= 0.3 is 5.97 Å². The zero-order chi connectivity index (χ0) is 19.3. The van der Waals surface area contributed by atoms with E-state index in [0.717, 1.165) is 24.4 Å². The second-order valence-corrected chi connectivity index (χ2v) is 6.14. The van der Waals surface area contributed by atoms with Crippen molar-refractivity contribution >= 4 is 17.7 Å². The van der Waals surface area contributed by atoms with Crippen molar-refractivity contribution in [2.75, 3.05) is 6.61 Å². The van der Waals surface area contributed by atoms with Crippen LogP contribution in [0.3, 0.4) is 0 Å². The highest BCUT2D eigenvalue weighted by Crippen LogP contribution is 2.16. The van der Waals surface area contributed by atoms with E-state index >= 15 is 0 Å². The molecule has 0 aliphatic carbocycles. The highest BCUT2D eigenvalue weighted by atomic mass is 16.5. The second kappa shape index (κ2) is 8.51. The van der Waals surface area contributed by atoms with Gasteiger partial charge in [-0.15, -0.1) is 0 Å². The average Bonchev–Trinajstić information content (AvgIpc) is 3.23. The maximum atomic E-state index is 12.4. The number of Topliss-reactive ketones (excluding diaryl/α,β-unsaturated/α-hetero) is 1. The van der Waals surface area contributed by atoms with Gasteiger partial charge in [-0.05, 0) is 45.4 Å². The summed E-state index contributed by atoms with van der Waals surface area (Å²) in [6.45, 7) is 7.85. The van der Waals surface area contributed by atoms with Crippen molar-refractivity contribution in [1.82, 2.24) is 9.88 Å². The molecule has 0 aliphatic heterocycles. The maximum absolute atomic E-state index is 12.4. The van der Waals surface area contributed by atoms with Crippen molar-refractivity contribution in [3.8, 4) is 0 Å². The molecule has 1 amide bonds. The quantitative estimate of drug-likeness (QED) is 0.577. The Morgan fingerprint density at radius 1 is 1.31 bits per heavy atom. The molecule has 2 aromatic heterocycles. The number of ether oxygens (including phenoxy) is 1. The number of hydrogen-bond donors (Lipinski definition) is 1. The second-order valence-electron chi connectivity index (χ2n) is 6.14. The zero-order valence-corrected chi connectivity index (χ0v) is 15.5. The average molecular weight is 360 g/mol. The highest BCUT2D eigenvalue weighted by molar-refractivity contribution is 6.00. The molecule has 0 aliphatic rings. The SMILES string of the molecule is CCCn1c(C)cc(C(=O)COC(=O)[C@H](C)NC(=O)c2ccco2)c1C. The minimum atomic E-state index is -0.895. The summed E-state index contributed by atoms with van der Waals surface area (Å²) in [4.78, 5) is 36.2. The summed E-state index contributed by atoms with van der Waals surface area (Å²) in [6, 6.07) is 3.98. The monoisotopic (exact) mass is 360 g/mol. The number of carbonyl (C=O) groups excluding carboxylic acids is 3. The van der Waals surface area contributed by atoms with Crippen LogP contribution in [0.5, 0.6) is 0 Å². The predicted molar refractivity (Wildman–Crippen MR) is 95.1 cm³/mol. The largest absolute Gasteiger partial charge is 0.459 e. The van der Waals surface area contributed by atoms with Crippen LogP contribution in [0, 0.1) is 13.8 Å². The van der Waals surface area contributed by atoms with E-state index in [1.54, 1.807) is 6.07 Å². The standard InChI is InChI=1S/C19H24N2O5/c1-5-8-21-12(2)10-15(14(21)4)16(22)11-26-19(24)13(3)20-18(23)17-7-6-9-25-17/h6-7,9-10,13H,5,8,11H2,1-4H3,(H,20,23)/t13-/m0/s1. The molecule has 1 atom stereocenters. The van der Waals surface area contributed by atoms with Crippen molar-refractivity contribution in [1.29, 1.82) is 0 Å². The summed E-state index contributed by atoms with van der Waals surface area (Å²) in [5, 5.41) is 2.46. The van der Waals surface area contributed by atoms with Gasteiger partial charge in [-0.3, -0.25) is 9.59 Å². The van der Waals surface area contributed by atoms with E-state index < -0.39 is 17.9 Å². The van der Waals surface area contributed by atoms with Gasteiger partial charge in [0.15, 0.2) is 12.4 Å². The van der Waals surface area contributed by atoms with Gasteiger partial charge in [0.25, 0.3) is 5.91 Å². The summed E-state index contributed by atoms with van der Waals surface area (Å²) in [5.41, 5.74) is 2.42. The van der Waals surface area contributed by atoms with E-state index in [1.807, 2.05) is 19.9 Å². The molecule has 2 heterocycles. The Kier molecular flexibility index (Phi) is 6.38. The number of nitrogens with zero attached hydrogens (tertiary/aromatic N) is 1. The number of ketones is 1. The number of carbonyl (C=O) groups is 3. The molecule has 7 nitrogen and oxygen atoms in total. The molecule has 0 spiro atoms. The molecule has 2 rings (SSSR count). The third-order valence-electron chi connectivity index (χ3n) is 4.11. The lowest BCUT2D eigenvalue weighted by atomic mass is 10.1. The van der Waals surface area contributed by atoms with Crippen LogP contribution in [0.2, 0.25) is 0 Å². The van der Waals surface area contributed by atoms with Gasteiger partial charge in [0.05, 0.1) is 6.26 Å². The fourth-order valence-electron chi connectivity index (χ4n) is 2.72. The summed E-state index contributed by atoms with van der Waals surface area (Å²) in [5.74, 6) is -1.36. The molecule has 0 radical (unpaired) electrons. The number of aryl methyl sites for hydroxylation is 1. The van der Waals surface area contributed by atoms with E-state index in [4.69, 9.17) is 9.15 Å². The summed E-state index contributed by atoms with van der Waals surface area (Å²) in [7, 11) is 0. The summed E-state index contributed by atoms with van der Waals surface area (Å²) in [6.07, 6.45) is 2.33. The number of hydrogen-bond acceptors (Lipinski definition) is 5. The third-order valence-corrected chi connectivity index (χ3v) is 4.11. The Hall–Kier alpha value is -2.83. The smallest absolute Gasteiger partial charge is 0.328 e. The van der Waals surface area contributed by atoms with E-state index in [0.29, 0.717) is 5.56 Å². The van der Waals surface area contributed by atoms with E-state index in [-0.39, 0.29) is 18.2 Å². The van der Waals surface area contributed by atoms with Crippen molar-refractivity contribution in [2.24, 2.45) is 0 Å². The summed E-state index contributed by atoms with van der Waals surface area (Å²) >= 11 is 0. The lowest BCUT2D eigenvalue weighted by molar-refractivity contribution is -0.144. The summed E-state index contributed by atoms with van der Waals surface area (Å²) < 4.78 is 12.1. The van der Waals surface area contributed by atoms with Crippen molar-refractivity contribution in [3.05, 3.63) is 47.2 Å². The molecule has 0 unspecified atom stereocenters. The van der Waals surface area contributed by atoms with Crippen LogP contribution in [0.15, 0.2) is 28.9 Å². The Bertz CT molecular complexity index is 789. The van der Waals surface area contributed by atoms with Gasteiger partial charge in [-0.1, -0.05) is 6.92 Å². The first-order valence-electron chi connectivity index (χ1n) is 8.56. The number of amides is 1. The molecule has 0 fully saturated rings. The van der Waals surface area contributed by atoms with Gasteiger partial charge in [-0.25, -0.2) is 4.79 Å².